The smallest absolute Gasteiger partial charge is 0.337 e. The Labute approximate surface area is 123 Å². The molecule has 0 fully saturated rings. The normalized spacial score (nSPS) is 10.2. The van der Waals surface area contributed by atoms with E-state index >= 15 is 0 Å². The van der Waals surface area contributed by atoms with Gasteiger partial charge >= 0.3 is 12.0 Å². The van der Waals surface area contributed by atoms with E-state index in [2.05, 4.69) is 15.6 Å². The zero-order valence-electron chi connectivity index (χ0n) is 11.0. The van der Waals surface area contributed by atoms with Crippen molar-refractivity contribution in [1.82, 2.24) is 10.3 Å². The van der Waals surface area contributed by atoms with Gasteiger partial charge in [-0.2, -0.15) is 0 Å². The molecule has 1 heterocycles. The number of hydrogen-bond donors (Lipinski definition) is 3. The molecule has 2 aromatic rings. The van der Waals surface area contributed by atoms with Crippen LogP contribution in [0.25, 0.3) is 0 Å². The first-order chi connectivity index (χ1) is 9.95. The van der Waals surface area contributed by atoms with Crippen LogP contribution in [0, 0.1) is 12.7 Å². The van der Waals surface area contributed by atoms with E-state index in [1.54, 1.807) is 5.38 Å². The highest BCUT2D eigenvalue weighted by molar-refractivity contribution is 7.09. The maximum absolute atomic E-state index is 13.1. The van der Waals surface area contributed by atoms with Gasteiger partial charge in [-0.15, -0.1) is 11.3 Å². The van der Waals surface area contributed by atoms with Crippen LogP contribution in [0.15, 0.2) is 23.6 Å². The van der Waals surface area contributed by atoms with Crippen molar-refractivity contribution in [2.45, 2.75) is 13.5 Å². The Hall–Kier alpha value is -2.48. The molecule has 2 rings (SSSR count). The van der Waals surface area contributed by atoms with Crippen LogP contribution in [0.5, 0.6) is 0 Å². The Kier molecular flexibility index (Phi) is 4.49. The topological polar surface area (TPSA) is 91.3 Å². The molecule has 0 radical (unpaired) electrons. The van der Waals surface area contributed by atoms with Crippen LogP contribution in [0.4, 0.5) is 14.9 Å². The summed E-state index contributed by atoms with van der Waals surface area (Å²) in [5.74, 6) is -1.88. The number of carboxylic acid groups (broad SMARTS) is 1. The number of anilines is 1. The molecule has 21 heavy (non-hydrogen) atoms. The third-order valence-corrected chi connectivity index (χ3v) is 3.38. The quantitative estimate of drug-likeness (QED) is 0.809. The van der Waals surface area contributed by atoms with E-state index in [9.17, 15) is 14.0 Å². The summed E-state index contributed by atoms with van der Waals surface area (Å²) in [5.41, 5.74) is 0.413. The highest BCUT2D eigenvalue weighted by atomic mass is 32.1. The predicted molar refractivity (Wildman–Crippen MR) is 76.1 cm³/mol. The molecule has 6 nitrogen and oxygen atoms in total. The fourth-order valence-corrected chi connectivity index (χ4v) is 2.25. The number of nitrogens with zero attached hydrogens (tertiary/aromatic N) is 1. The van der Waals surface area contributed by atoms with Crippen molar-refractivity contribution in [2.75, 3.05) is 5.32 Å². The molecular weight excluding hydrogens is 297 g/mol. The molecule has 1 aromatic carbocycles. The van der Waals surface area contributed by atoms with Gasteiger partial charge in [-0.05, 0) is 25.1 Å². The van der Waals surface area contributed by atoms with E-state index in [1.807, 2.05) is 6.92 Å². The number of carbonyl (C=O) groups is 2. The number of nitrogens with one attached hydrogen (secondary N) is 2. The number of benzene rings is 1. The van der Waals surface area contributed by atoms with E-state index in [-0.39, 0.29) is 17.8 Å². The number of amides is 2. The molecule has 0 unspecified atom stereocenters. The van der Waals surface area contributed by atoms with Gasteiger partial charge in [-0.3, -0.25) is 0 Å². The van der Waals surface area contributed by atoms with E-state index in [0.29, 0.717) is 5.69 Å². The Morgan fingerprint density at radius 3 is 2.81 bits per heavy atom. The van der Waals surface area contributed by atoms with Crippen LogP contribution in [0.2, 0.25) is 0 Å². The van der Waals surface area contributed by atoms with Gasteiger partial charge in [0.05, 0.1) is 28.5 Å². The number of aromatic carboxylic acids is 1. The van der Waals surface area contributed by atoms with Crippen LogP contribution in [0.3, 0.4) is 0 Å². The fourth-order valence-electron chi connectivity index (χ4n) is 1.63. The minimum atomic E-state index is -1.25. The zero-order chi connectivity index (χ0) is 15.4. The molecule has 0 aliphatic carbocycles. The number of carbonyl (C=O) groups excluding carboxylic acids is 1. The molecule has 0 saturated carbocycles. The third kappa shape index (κ3) is 3.99. The second kappa shape index (κ2) is 6.31. The number of carboxylic acids is 1. The molecule has 0 aliphatic rings. The number of aromatic nitrogens is 1. The van der Waals surface area contributed by atoms with Crippen LogP contribution in [-0.2, 0) is 6.54 Å². The standard InChI is InChI=1S/C13H12FN3O3S/c1-7-16-9(6-21-7)5-15-13(20)17-11-4-8(14)2-3-10(11)12(18)19/h2-4,6H,5H2,1H3,(H,18,19)(H2,15,17,20). The second-order valence-electron chi connectivity index (χ2n) is 4.16. The summed E-state index contributed by atoms with van der Waals surface area (Å²) in [7, 11) is 0. The number of thiazole rings is 1. The van der Waals surface area contributed by atoms with Crippen molar-refractivity contribution in [3.8, 4) is 0 Å². The molecular formula is C13H12FN3O3S. The van der Waals surface area contributed by atoms with Crippen molar-refractivity contribution < 1.29 is 19.1 Å². The Bertz CT molecular complexity index is 687. The fraction of sp³-hybridized carbons (Fsp3) is 0.154. The number of rotatable bonds is 4. The first-order valence-corrected chi connectivity index (χ1v) is 6.82. The van der Waals surface area contributed by atoms with Gasteiger partial charge in [0.2, 0.25) is 0 Å². The van der Waals surface area contributed by atoms with Crippen LogP contribution in [0.1, 0.15) is 21.1 Å². The molecule has 110 valence electrons. The lowest BCUT2D eigenvalue weighted by Crippen LogP contribution is -2.29. The van der Waals surface area contributed by atoms with Gasteiger partial charge in [0.25, 0.3) is 0 Å². The summed E-state index contributed by atoms with van der Waals surface area (Å²) in [5, 5.41) is 16.5. The van der Waals surface area contributed by atoms with Crippen molar-refractivity contribution >= 4 is 29.0 Å². The Balaban J connectivity index is 2.02. The molecule has 0 aliphatic heterocycles. The summed E-state index contributed by atoms with van der Waals surface area (Å²) in [6.07, 6.45) is 0. The summed E-state index contributed by atoms with van der Waals surface area (Å²) in [4.78, 5) is 26.9. The van der Waals surface area contributed by atoms with Gasteiger partial charge in [0.15, 0.2) is 0 Å². The number of aryl methyl sites for hydroxylation is 1. The van der Waals surface area contributed by atoms with Gasteiger partial charge in [0, 0.05) is 5.38 Å². The highest BCUT2D eigenvalue weighted by Crippen LogP contribution is 2.17. The van der Waals surface area contributed by atoms with E-state index in [0.717, 1.165) is 23.2 Å². The highest BCUT2D eigenvalue weighted by Gasteiger charge is 2.13. The van der Waals surface area contributed by atoms with Crippen molar-refractivity contribution in [3.63, 3.8) is 0 Å². The lowest BCUT2D eigenvalue weighted by atomic mass is 10.2. The molecule has 0 spiro atoms. The number of hydrogen-bond acceptors (Lipinski definition) is 4. The minimum Gasteiger partial charge on any atom is -0.478 e. The van der Waals surface area contributed by atoms with Crippen LogP contribution < -0.4 is 10.6 Å². The monoisotopic (exact) mass is 309 g/mol. The second-order valence-corrected chi connectivity index (χ2v) is 5.22. The van der Waals surface area contributed by atoms with Crippen molar-refractivity contribution in [2.24, 2.45) is 0 Å². The van der Waals surface area contributed by atoms with Crippen LogP contribution >= 0.6 is 11.3 Å². The van der Waals surface area contributed by atoms with Crippen molar-refractivity contribution in [3.05, 3.63) is 45.7 Å². The molecule has 0 atom stereocenters. The third-order valence-electron chi connectivity index (χ3n) is 2.56. The van der Waals surface area contributed by atoms with Gasteiger partial charge in [0.1, 0.15) is 5.82 Å². The molecule has 0 saturated heterocycles. The van der Waals surface area contributed by atoms with Crippen molar-refractivity contribution in [1.29, 1.82) is 0 Å². The first-order valence-electron chi connectivity index (χ1n) is 5.94. The first kappa shape index (κ1) is 14.9. The number of urea groups is 1. The lowest BCUT2D eigenvalue weighted by Gasteiger charge is -2.09. The summed E-state index contributed by atoms with van der Waals surface area (Å²) >= 11 is 1.46. The van der Waals surface area contributed by atoms with Crippen LogP contribution in [-0.4, -0.2) is 22.1 Å². The summed E-state index contributed by atoms with van der Waals surface area (Å²) in [6.45, 7) is 2.05. The minimum absolute atomic E-state index is 0.102. The maximum atomic E-state index is 13.1. The number of halogens is 1. The Morgan fingerprint density at radius 1 is 1.43 bits per heavy atom. The van der Waals surface area contributed by atoms with E-state index < -0.39 is 17.8 Å². The maximum Gasteiger partial charge on any atom is 0.337 e. The average Bonchev–Trinajstić information content (AvgIpc) is 2.82. The Morgan fingerprint density at radius 2 is 2.19 bits per heavy atom. The molecule has 0 bridgehead atoms. The summed E-state index contributed by atoms with van der Waals surface area (Å²) in [6, 6.07) is 2.44. The zero-order valence-corrected chi connectivity index (χ0v) is 11.8. The van der Waals surface area contributed by atoms with Gasteiger partial charge in [-0.1, -0.05) is 0 Å². The lowest BCUT2D eigenvalue weighted by molar-refractivity contribution is 0.0698. The van der Waals surface area contributed by atoms with Gasteiger partial charge < -0.3 is 15.7 Å². The average molecular weight is 309 g/mol. The molecule has 3 N–H and O–H groups in total. The molecule has 8 heteroatoms. The molecule has 2 amide bonds. The largest absolute Gasteiger partial charge is 0.478 e. The summed E-state index contributed by atoms with van der Waals surface area (Å²) < 4.78 is 13.1. The van der Waals surface area contributed by atoms with Gasteiger partial charge in [-0.25, -0.2) is 19.0 Å². The predicted octanol–water partition coefficient (Wildman–Crippen LogP) is 2.61. The van der Waals surface area contributed by atoms with E-state index in [1.165, 1.54) is 11.3 Å². The molecule has 1 aromatic heterocycles. The van der Waals surface area contributed by atoms with E-state index in [4.69, 9.17) is 5.11 Å². The SMILES string of the molecule is Cc1nc(CNC(=O)Nc2cc(F)ccc2C(=O)O)cs1.